The van der Waals surface area contributed by atoms with Gasteiger partial charge in [-0.05, 0) is 48.7 Å². The minimum atomic E-state index is -0.481. The third kappa shape index (κ3) is 4.07. The number of allylic oxidation sites excluding steroid dienone is 1. The van der Waals surface area contributed by atoms with Gasteiger partial charge < -0.3 is 14.4 Å². The number of carbonyl (C=O) groups excluding carboxylic acids is 2. The molecule has 3 aliphatic heterocycles. The number of amides is 2. The molecule has 1 aliphatic carbocycles. The highest BCUT2D eigenvalue weighted by atomic mass is 32.1. The van der Waals surface area contributed by atoms with Gasteiger partial charge in [0.15, 0.2) is 11.5 Å². The Labute approximate surface area is 192 Å². The maximum Gasteiger partial charge on any atom is 0.241 e. The van der Waals surface area contributed by atoms with Crippen LogP contribution in [0.25, 0.3) is 0 Å². The van der Waals surface area contributed by atoms with Crippen LogP contribution in [0.2, 0.25) is 0 Å². The van der Waals surface area contributed by atoms with Crippen LogP contribution in [0, 0.1) is 5.92 Å². The molecule has 1 saturated heterocycles. The fourth-order valence-electron chi connectivity index (χ4n) is 4.53. The molecule has 0 aromatic heterocycles. The zero-order valence-corrected chi connectivity index (χ0v) is 18.6. The Kier molecular flexibility index (Phi) is 5.78. The molecule has 0 spiro atoms. The van der Waals surface area contributed by atoms with Gasteiger partial charge in [-0.1, -0.05) is 30.7 Å². The van der Waals surface area contributed by atoms with E-state index < -0.39 is 5.92 Å². The number of unbranched alkanes of at least 4 members (excludes halogenated alkanes) is 2. The number of carbonyl (C=O) groups is 2. The summed E-state index contributed by atoms with van der Waals surface area (Å²) in [7, 11) is 0. The van der Waals surface area contributed by atoms with Crippen LogP contribution in [0.4, 0.5) is 0 Å². The van der Waals surface area contributed by atoms with Gasteiger partial charge in [0.05, 0.1) is 5.71 Å². The number of fused-ring (bicyclic) bond motifs is 3. The molecular weight excluding hydrogens is 426 g/mol. The first-order valence-corrected chi connectivity index (χ1v) is 11.5. The van der Waals surface area contributed by atoms with Crippen LogP contribution in [0.1, 0.15) is 36.8 Å². The van der Waals surface area contributed by atoms with E-state index in [-0.39, 0.29) is 23.7 Å². The summed E-state index contributed by atoms with van der Waals surface area (Å²) < 4.78 is 10.8. The minimum Gasteiger partial charge on any atom is -0.454 e. The molecule has 0 radical (unpaired) electrons. The lowest BCUT2D eigenvalue weighted by Crippen LogP contribution is -2.46. The lowest BCUT2D eigenvalue weighted by atomic mass is 9.93. The second-order valence-corrected chi connectivity index (χ2v) is 8.74. The summed E-state index contributed by atoms with van der Waals surface area (Å²) in [5.74, 6) is 0.834. The van der Waals surface area contributed by atoms with E-state index in [0.29, 0.717) is 36.7 Å². The summed E-state index contributed by atoms with van der Waals surface area (Å²) in [6.07, 6.45) is 7.37. The summed E-state index contributed by atoms with van der Waals surface area (Å²) in [4.78, 5) is 33.5. The van der Waals surface area contributed by atoms with E-state index in [9.17, 15) is 9.59 Å². The molecule has 1 aromatic rings. The van der Waals surface area contributed by atoms with E-state index in [1.165, 1.54) is 11.1 Å². The monoisotopic (exact) mass is 451 g/mol. The third-order valence-electron chi connectivity index (χ3n) is 6.33. The summed E-state index contributed by atoms with van der Waals surface area (Å²) in [5, 5.41) is 0.289. The third-order valence-corrected chi connectivity index (χ3v) is 6.64. The molecule has 4 aliphatic rings. The van der Waals surface area contributed by atoms with Gasteiger partial charge in [0, 0.05) is 32.1 Å². The average Bonchev–Trinajstić information content (AvgIpc) is 3.26. The topological polar surface area (TPSA) is 71.4 Å². The number of thiocarbonyl (C=S) groups is 1. The number of rotatable bonds is 6. The number of nitrogens with zero attached hydrogens (tertiary/aromatic N) is 3. The molecule has 32 heavy (non-hydrogen) atoms. The minimum absolute atomic E-state index is 0.0821. The lowest BCUT2D eigenvalue weighted by Gasteiger charge is -2.31. The molecule has 1 atom stereocenters. The fraction of sp³-hybridized carbons (Fsp3) is 0.417. The zero-order chi connectivity index (χ0) is 22.1. The molecule has 0 N–H and O–H groups in total. The van der Waals surface area contributed by atoms with Crippen molar-refractivity contribution in [1.29, 1.82) is 0 Å². The quantitative estimate of drug-likeness (QED) is 0.491. The van der Waals surface area contributed by atoms with Crippen LogP contribution < -0.4 is 0 Å². The van der Waals surface area contributed by atoms with Crippen molar-refractivity contribution in [2.45, 2.75) is 38.6 Å². The lowest BCUT2D eigenvalue weighted by molar-refractivity contribution is -0.132. The number of benzene rings is 1. The van der Waals surface area contributed by atoms with Crippen LogP contribution >= 0.6 is 12.2 Å². The highest BCUT2D eigenvalue weighted by Crippen LogP contribution is 2.31. The first-order valence-electron chi connectivity index (χ1n) is 11.1. The summed E-state index contributed by atoms with van der Waals surface area (Å²) >= 11 is 5.36. The molecule has 5 rings (SSSR count). The maximum atomic E-state index is 13.0. The highest BCUT2D eigenvalue weighted by Gasteiger charge is 2.38. The number of ether oxygens (including phenoxy) is 2. The number of aliphatic imine (C=N–C) groups is 1. The van der Waals surface area contributed by atoms with Crippen molar-refractivity contribution in [3.8, 4) is 0 Å². The zero-order valence-electron chi connectivity index (χ0n) is 17.8. The molecule has 0 saturated carbocycles. The van der Waals surface area contributed by atoms with Crippen LogP contribution in [0.3, 0.4) is 0 Å². The molecule has 1 unspecified atom stereocenters. The molecule has 7 nitrogen and oxygen atoms in total. The Morgan fingerprint density at radius 2 is 1.94 bits per heavy atom. The summed E-state index contributed by atoms with van der Waals surface area (Å²) in [6, 6.07) is 8.33. The molecule has 3 heterocycles. The van der Waals surface area contributed by atoms with Crippen molar-refractivity contribution in [2.75, 3.05) is 19.9 Å². The molecule has 0 bridgehead atoms. The standard InChI is InChI=1S/C24H25N3O4S/c28-22(26-11-9-16-6-3-4-7-17(16)14-26)8-2-1-5-10-27-23(29)18-12-20-21(31-15-30-20)13-19(18)25-24(27)32/h3-4,6-7,12-13,18H,1-2,5,8-11,14-15H2. The smallest absolute Gasteiger partial charge is 0.241 e. The predicted octanol–water partition coefficient (Wildman–Crippen LogP) is 3.10. The Morgan fingerprint density at radius 3 is 2.81 bits per heavy atom. The first kappa shape index (κ1) is 20.9. The Balaban J connectivity index is 1.09. The average molecular weight is 452 g/mol. The predicted molar refractivity (Wildman–Crippen MR) is 122 cm³/mol. The molecule has 1 aromatic carbocycles. The first-order chi connectivity index (χ1) is 15.6. The largest absolute Gasteiger partial charge is 0.454 e. The van der Waals surface area contributed by atoms with Crippen molar-refractivity contribution in [3.63, 3.8) is 0 Å². The van der Waals surface area contributed by atoms with E-state index in [2.05, 4.69) is 23.2 Å². The van der Waals surface area contributed by atoms with Gasteiger partial charge in [-0.2, -0.15) is 0 Å². The van der Waals surface area contributed by atoms with Crippen LogP contribution in [-0.4, -0.2) is 52.3 Å². The van der Waals surface area contributed by atoms with Gasteiger partial charge in [-0.25, -0.2) is 4.99 Å². The van der Waals surface area contributed by atoms with E-state index in [4.69, 9.17) is 21.7 Å². The van der Waals surface area contributed by atoms with E-state index >= 15 is 0 Å². The Bertz CT molecular complexity index is 1060. The van der Waals surface area contributed by atoms with E-state index in [1.54, 1.807) is 17.1 Å². The normalized spacial score (nSPS) is 21.5. The molecule has 2 amide bonds. The van der Waals surface area contributed by atoms with Crippen molar-refractivity contribution < 1.29 is 19.1 Å². The van der Waals surface area contributed by atoms with Gasteiger partial charge >= 0.3 is 0 Å². The molecule has 1 fully saturated rings. The van der Waals surface area contributed by atoms with Crippen molar-refractivity contribution in [3.05, 3.63) is 59.1 Å². The van der Waals surface area contributed by atoms with Crippen molar-refractivity contribution >= 4 is 34.9 Å². The molecule has 166 valence electrons. The van der Waals surface area contributed by atoms with Crippen LogP contribution in [0.15, 0.2) is 52.9 Å². The van der Waals surface area contributed by atoms with Gasteiger partial charge in [-0.3, -0.25) is 14.5 Å². The van der Waals surface area contributed by atoms with Crippen LogP contribution in [0.5, 0.6) is 0 Å². The molecule has 8 heteroatoms. The Morgan fingerprint density at radius 1 is 1.12 bits per heavy atom. The second kappa shape index (κ2) is 8.86. The van der Waals surface area contributed by atoms with Gasteiger partial charge in [0.1, 0.15) is 5.92 Å². The van der Waals surface area contributed by atoms with Gasteiger partial charge in [-0.15, -0.1) is 0 Å². The highest BCUT2D eigenvalue weighted by molar-refractivity contribution is 7.80. The SMILES string of the molecule is O=C(CCCCCN1C(=O)C2C=C3OCOC3=CC2=NC1=S)N1CCc2ccccc2C1. The second-order valence-electron chi connectivity index (χ2n) is 8.38. The molecular formula is C24H25N3O4S. The van der Waals surface area contributed by atoms with E-state index in [0.717, 1.165) is 32.2 Å². The van der Waals surface area contributed by atoms with E-state index in [1.807, 2.05) is 11.0 Å². The van der Waals surface area contributed by atoms with Gasteiger partial charge in [0.25, 0.3) is 0 Å². The number of hydrogen-bond donors (Lipinski definition) is 0. The summed E-state index contributed by atoms with van der Waals surface area (Å²) in [6.45, 7) is 2.15. The van der Waals surface area contributed by atoms with Crippen molar-refractivity contribution in [1.82, 2.24) is 9.80 Å². The maximum absolute atomic E-state index is 13.0. The fourth-order valence-corrected chi connectivity index (χ4v) is 4.82. The Hall–Kier alpha value is -3.00. The summed E-state index contributed by atoms with van der Waals surface area (Å²) in [5.41, 5.74) is 3.20. The van der Waals surface area contributed by atoms with Gasteiger partial charge in [0.2, 0.25) is 23.7 Å². The van der Waals surface area contributed by atoms with Crippen molar-refractivity contribution in [2.24, 2.45) is 10.9 Å². The number of hydrogen-bond acceptors (Lipinski definition) is 5. The van der Waals surface area contributed by atoms with Crippen LogP contribution in [-0.2, 0) is 32.0 Å².